The van der Waals surface area contributed by atoms with Crippen LogP contribution in [-0.2, 0) is 4.79 Å². The predicted octanol–water partition coefficient (Wildman–Crippen LogP) is 4.44. The van der Waals surface area contributed by atoms with E-state index in [0.717, 1.165) is 63.1 Å². The first kappa shape index (κ1) is 19.8. The molecule has 2 aliphatic heterocycles. The largest absolute Gasteiger partial charge is 0.371 e. The van der Waals surface area contributed by atoms with E-state index in [1.165, 1.54) is 0 Å². The lowest BCUT2D eigenvalue weighted by molar-refractivity contribution is -0.116. The molecule has 2 heterocycles. The summed E-state index contributed by atoms with van der Waals surface area (Å²) in [5, 5.41) is 2.10. The monoisotopic (exact) mass is 411 g/mol. The number of halogens is 1. The summed E-state index contributed by atoms with van der Waals surface area (Å²) in [5.74, 6) is -0.252. The number of nitrogens with zero attached hydrogens (tertiary/aromatic N) is 2. The molecule has 2 aromatic carbocycles. The van der Waals surface area contributed by atoms with Crippen molar-refractivity contribution < 1.29 is 9.59 Å². The molecule has 0 aliphatic carbocycles. The highest BCUT2D eigenvalue weighted by Crippen LogP contribution is 2.30. The average molecular weight is 412 g/mol. The van der Waals surface area contributed by atoms with Crippen LogP contribution in [-0.4, -0.2) is 42.9 Å². The number of nitrogens with one attached hydrogen (secondary N) is 1. The summed E-state index contributed by atoms with van der Waals surface area (Å²) in [4.78, 5) is 30.0. The zero-order valence-corrected chi connectivity index (χ0v) is 17.2. The van der Waals surface area contributed by atoms with E-state index in [-0.39, 0.29) is 11.8 Å². The Morgan fingerprint density at radius 1 is 0.897 bits per heavy atom. The first-order valence-electron chi connectivity index (χ1n) is 10.3. The number of hydrogen-bond donors (Lipinski definition) is 1. The third kappa shape index (κ3) is 4.40. The van der Waals surface area contributed by atoms with Gasteiger partial charge in [0, 0.05) is 37.6 Å². The maximum absolute atomic E-state index is 13.2. The van der Waals surface area contributed by atoms with Gasteiger partial charge in [0.2, 0.25) is 5.91 Å². The van der Waals surface area contributed by atoms with Crippen LogP contribution in [0.4, 0.5) is 11.4 Å². The Labute approximate surface area is 176 Å². The normalized spacial score (nSPS) is 17.4. The van der Waals surface area contributed by atoms with Crippen molar-refractivity contribution in [3.8, 4) is 0 Å². The second-order valence-electron chi connectivity index (χ2n) is 7.69. The minimum atomic E-state index is -0.785. The van der Waals surface area contributed by atoms with Gasteiger partial charge in [-0.15, -0.1) is 11.6 Å². The predicted molar refractivity (Wildman–Crippen MR) is 117 cm³/mol. The highest BCUT2D eigenvalue weighted by Gasteiger charge is 2.26. The summed E-state index contributed by atoms with van der Waals surface area (Å²) < 4.78 is 0. The lowest BCUT2D eigenvalue weighted by Crippen LogP contribution is -2.30. The highest BCUT2D eigenvalue weighted by molar-refractivity contribution is 6.32. The number of likely N-dealkylation sites (tertiary alicyclic amines) is 1. The van der Waals surface area contributed by atoms with Crippen molar-refractivity contribution in [3.63, 3.8) is 0 Å². The molecule has 2 aromatic rings. The van der Waals surface area contributed by atoms with Gasteiger partial charge in [0.1, 0.15) is 5.38 Å². The van der Waals surface area contributed by atoms with Gasteiger partial charge < -0.3 is 15.1 Å². The molecule has 29 heavy (non-hydrogen) atoms. The van der Waals surface area contributed by atoms with Crippen LogP contribution in [0.3, 0.4) is 0 Å². The number of alkyl halides is 1. The molecule has 0 aromatic heterocycles. The van der Waals surface area contributed by atoms with E-state index in [1.54, 1.807) is 6.07 Å². The smallest absolute Gasteiger partial charge is 0.256 e. The summed E-state index contributed by atoms with van der Waals surface area (Å²) in [6.07, 6.45) is 4.38. The van der Waals surface area contributed by atoms with Crippen molar-refractivity contribution in [1.29, 1.82) is 0 Å². The number of carbonyl (C=O) groups excluding carboxylic acids is 2. The summed E-state index contributed by atoms with van der Waals surface area (Å²) >= 11 is 6.35. The molecule has 2 amide bonds. The Morgan fingerprint density at radius 3 is 2.24 bits per heavy atom. The Kier molecular flexibility index (Phi) is 6.05. The topological polar surface area (TPSA) is 52.7 Å². The Bertz CT molecular complexity index is 875. The van der Waals surface area contributed by atoms with E-state index in [0.29, 0.717) is 11.3 Å². The van der Waals surface area contributed by atoms with E-state index >= 15 is 0 Å². The van der Waals surface area contributed by atoms with Gasteiger partial charge in [-0.3, -0.25) is 9.59 Å². The van der Waals surface area contributed by atoms with Gasteiger partial charge in [-0.1, -0.05) is 30.3 Å². The van der Waals surface area contributed by atoms with Gasteiger partial charge in [-0.2, -0.15) is 0 Å². The minimum Gasteiger partial charge on any atom is -0.371 e. The molecule has 1 atom stereocenters. The van der Waals surface area contributed by atoms with E-state index in [9.17, 15) is 9.59 Å². The first-order valence-corrected chi connectivity index (χ1v) is 10.8. The number of rotatable bonds is 5. The van der Waals surface area contributed by atoms with Gasteiger partial charge in [0.25, 0.3) is 5.91 Å². The van der Waals surface area contributed by atoms with Crippen molar-refractivity contribution in [1.82, 2.24) is 4.90 Å². The highest BCUT2D eigenvalue weighted by atomic mass is 35.5. The lowest BCUT2D eigenvalue weighted by Gasteiger charge is -2.24. The van der Waals surface area contributed by atoms with E-state index in [4.69, 9.17) is 11.6 Å². The quantitative estimate of drug-likeness (QED) is 0.740. The summed E-state index contributed by atoms with van der Waals surface area (Å²) in [5.41, 5.74) is 2.97. The molecule has 0 bridgehead atoms. The maximum Gasteiger partial charge on any atom is 0.256 e. The molecule has 1 N–H and O–H groups in total. The van der Waals surface area contributed by atoms with Crippen LogP contribution < -0.4 is 10.2 Å². The van der Waals surface area contributed by atoms with Crippen LogP contribution in [0.5, 0.6) is 0 Å². The van der Waals surface area contributed by atoms with Crippen LogP contribution >= 0.6 is 11.6 Å². The zero-order valence-electron chi connectivity index (χ0n) is 16.4. The number of amides is 2. The van der Waals surface area contributed by atoms with Gasteiger partial charge >= 0.3 is 0 Å². The van der Waals surface area contributed by atoms with Crippen LogP contribution in [0.2, 0.25) is 0 Å². The summed E-state index contributed by atoms with van der Waals surface area (Å²) in [6, 6.07) is 14.9. The molecule has 6 heteroatoms. The van der Waals surface area contributed by atoms with E-state index < -0.39 is 5.38 Å². The molecule has 0 radical (unpaired) electrons. The lowest BCUT2D eigenvalue weighted by atomic mass is 10.1. The standard InChI is InChI=1S/C23H26ClN3O2/c24-21(17-8-2-1-3-9-17)22(28)25-18-10-11-20(26-12-4-5-13-26)19(16-18)23(29)27-14-6-7-15-27/h1-3,8-11,16,21H,4-7,12-15H2,(H,25,28). The molecule has 0 saturated carbocycles. The SMILES string of the molecule is O=C(Nc1ccc(N2CCCC2)c(C(=O)N2CCCC2)c1)C(Cl)c1ccccc1. The molecular weight excluding hydrogens is 386 g/mol. The van der Waals surface area contributed by atoms with Crippen LogP contribution in [0.25, 0.3) is 0 Å². The molecule has 2 saturated heterocycles. The van der Waals surface area contributed by atoms with E-state index in [2.05, 4.69) is 10.2 Å². The van der Waals surface area contributed by atoms with Crippen molar-refractivity contribution in [2.45, 2.75) is 31.1 Å². The van der Waals surface area contributed by atoms with Crippen molar-refractivity contribution >= 4 is 34.8 Å². The second-order valence-corrected chi connectivity index (χ2v) is 8.12. The summed E-state index contributed by atoms with van der Waals surface area (Å²) in [7, 11) is 0. The fraction of sp³-hybridized carbons (Fsp3) is 0.391. The molecule has 2 aliphatic rings. The van der Waals surface area contributed by atoms with Crippen LogP contribution in [0.1, 0.15) is 47.0 Å². The molecular formula is C23H26ClN3O2. The number of hydrogen-bond acceptors (Lipinski definition) is 3. The Hall–Kier alpha value is -2.53. The van der Waals surface area contributed by atoms with Crippen molar-refractivity contribution in [2.24, 2.45) is 0 Å². The van der Waals surface area contributed by atoms with Gasteiger partial charge in [0.05, 0.1) is 5.56 Å². The third-order valence-electron chi connectivity index (χ3n) is 5.66. The molecule has 2 fully saturated rings. The molecule has 1 unspecified atom stereocenters. The van der Waals surface area contributed by atoms with Gasteiger partial charge in [0.15, 0.2) is 0 Å². The fourth-order valence-electron chi connectivity index (χ4n) is 4.09. The Balaban J connectivity index is 1.58. The fourth-order valence-corrected chi connectivity index (χ4v) is 4.29. The van der Waals surface area contributed by atoms with Crippen molar-refractivity contribution in [2.75, 3.05) is 36.4 Å². The van der Waals surface area contributed by atoms with Gasteiger partial charge in [-0.25, -0.2) is 0 Å². The first-order chi connectivity index (χ1) is 14.1. The van der Waals surface area contributed by atoms with Crippen molar-refractivity contribution in [3.05, 3.63) is 59.7 Å². The number of carbonyl (C=O) groups is 2. The third-order valence-corrected chi connectivity index (χ3v) is 6.11. The Morgan fingerprint density at radius 2 is 1.55 bits per heavy atom. The molecule has 0 spiro atoms. The second kappa shape index (κ2) is 8.87. The zero-order chi connectivity index (χ0) is 20.2. The van der Waals surface area contributed by atoms with Crippen LogP contribution in [0.15, 0.2) is 48.5 Å². The van der Waals surface area contributed by atoms with E-state index in [1.807, 2.05) is 47.4 Å². The van der Waals surface area contributed by atoms with Crippen LogP contribution in [0, 0.1) is 0 Å². The van der Waals surface area contributed by atoms with Gasteiger partial charge in [-0.05, 0) is 49.4 Å². The summed E-state index contributed by atoms with van der Waals surface area (Å²) in [6.45, 7) is 3.52. The number of anilines is 2. The molecule has 5 nitrogen and oxygen atoms in total. The average Bonchev–Trinajstić information content (AvgIpc) is 3.47. The molecule has 4 rings (SSSR count). The minimum absolute atomic E-state index is 0.0472. The number of benzene rings is 2. The molecule has 152 valence electrons. The maximum atomic E-state index is 13.2.